The molecule has 0 amide bonds. The topological polar surface area (TPSA) is 37.4 Å². The summed E-state index contributed by atoms with van der Waals surface area (Å²) in [5.41, 5.74) is 3.01. The van der Waals surface area contributed by atoms with E-state index in [0.29, 0.717) is 4.90 Å². The van der Waals surface area contributed by atoms with Gasteiger partial charge in [0.2, 0.25) is 0 Å². The third-order valence-electron chi connectivity index (χ3n) is 4.56. The maximum absolute atomic E-state index is 13.1. The molecule has 3 nitrogen and oxygen atoms in total. The van der Waals surface area contributed by atoms with Crippen LogP contribution in [0.2, 0.25) is 0 Å². The van der Waals surface area contributed by atoms with Crippen LogP contribution in [-0.4, -0.2) is 14.5 Å². The highest BCUT2D eigenvalue weighted by molar-refractivity contribution is 7.93. The molecule has 22 heavy (non-hydrogen) atoms. The first kappa shape index (κ1) is 13.6. The van der Waals surface area contributed by atoms with E-state index in [2.05, 4.69) is 6.08 Å². The Morgan fingerprint density at radius 3 is 2.55 bits per heavy atom. The van der Waals surface area contributed by atoms with E-state index in [4.69, 9.17) is 0 Å². The highest BCUT2D eigenvalue weighted by Gasteiger charge is 2.44. The van der Waals surface area contributed by atoms with Gasteiger partial charge in [0.05, 0.1) is 16.6 Å². The fourth-order valence-corrected chi connectivity index (χ4v) is 5.14. The molecule has 1 aliphatic carbocycles. The lowest BCUT2D eigenvalue weighted by Gasteiger charge is -2.25. The maximum atomic E-state index is 13.1. The van der Waals surface area contributed by atoms with Crippen LogP contribution in [0.25, 0.3) is 0 Å². The minimum atomic E-state index is -3.54. The first-order chi connectivity index (χ1) is 10.6. The molecule has 2 aromatic rings. The van der Waals surface area contributed by atoms with Crippen molar-refractivity contribution >= 4 is 15.7 Å². The van der Waals surface area contributed by atoms with Crippen molar-refractivity contribution in [3.63, 3.8) is 0 Å². The van der Waals surface area contributed by atoms with Crippen LogP contribution in [0.3, 0.4) is 0 Å². The lowest BCUT2D eigenvalue weighted by molar-refractivity contribution is 0.582. The zero-order chi connectivity index (χ0) is 15.3. The summed E-state index contributed by atoms with van der Waals surface area (Å²) in [5, 5.41) is 0. The van der Waals surface area contributed by atoms with Crippen molar-refractivity contribution < 1.29 is 8.42 Å². The fourth-order valence-electron chi connectivity index (χ4n) is 3.47. The summed E-state index contributed by atoms with van der Waals surface area (Å²) >= 11 is 0. The summed E-state index contributed by atoms with van der Waals surface area (Å²) in [6.45, 7) is 1.96. The quantitative estimate of drug-likeness (QED) is 0.794. The number of hydrogen-bond donors (Lipinski definition) is 0. The zero-order valence-electron chi connectivity index (χ0n) is 12.3. The summed E-state index contributed by atoms with van der Waals surface area (Å²) in [4.78, 5) is 0.355. The lowest BCUT2D eigenvalue weighted by atomic mass is 9.97. The second kappa shape index (κ2) is 4.71. The van der Waals surface area contributed by atoms with Gasteiger partial charge in [0, 0.05) is 5.92 Å². The third kappa shape index (κ3) is 1.83. The Hall–Kier alpha value is -2.07. The average molecular weight is 311 g/mol. The second-order valence-corrected chi connectivity index (χ2v) is 7.75. The minimum Gasteiger partial charge on any atom is -0.259 e. The summed E-state index contributed by atoms with van der Waals surface area (Å²) in [5.74, 6) is 0.247. The summed E-state index contributed by atoms with van der Waals surface area (Å²) in [6.07, 6.45) is 5.01. The number of benzene rings is 2. The van der Waals surface area contributed by atoms with E-state index in [0.717, 1.165) is 23.2 Å². The van der Waals surface area contributed by atoms with Gasteiger partial charge in [0.1, 0.15) is 0 Å². The summed E-state index contributed by atoms with van der Waals surface area (Å²) < 4.78 is 27.9. The van der Waals surface area contributed by atoms with Crippen molar-refractivity contribution in [2.75, 3.05) is 4.31 Å². The number of aryl methyl sites for hydroxylation is 1. The number of anilines is 1. The summed E-state index contributed by atoms with van der Waals surface area (Å²) in [6, 6.07) is 14.8. The zero-order valence-corrected chi connectivity index (χ0v) is 13.1. The van der Waals surface area contributed by atoms with Gasteiger partial charge in [-0.15, -0.1) is 0 Å². The molecule has 4 heteroatoms. The molecule has 2 unspecified atom stereocenters. The lowest BCUT2D eigenvalue weighted by Crippen LogP contribution is -2.36. The fraction of sp³-hybridized carbons (Fsp3) is 0.222. The van der Waals surface area contributed by atoms with Crippen LogP contribution in [0.1, 0.15) is 23.5 Å². The van der Waals surface area contributed by atoms with Gasteiger partial charge >= 0.3 is 0 Å². The number of rotatable bonds is 2. The van der Waals surface area contributed by atoms with Crippen LogP contribution in [0.4, 0.5) is 5.69 Å². The molecule has 2 aromatic carbocycles. The van der Waals surface area contributed by atoms with E-state index < -0.39 is 10.0 Å². The molecule has 0 radical (unpaired) electrons. The van der Waals surface area contributed by atoms with Gasteiger partial charge in [0.15, 0.2) is 0 Å². The van der Waals surface area contributed by atoms with E-state index in [1.165, 1.54) is 0 Å². The highest BCUT2D eigenvalue weighted by atomic mass is 32.2. The number of nitrogens with zero attached hydrogens (tertiary/aromatic N) is 1. The highest BCUT2D eigenvalue weighted by Crippen LogP contribution is 2.48. The number of sulfonamides is 1. The van der Waals surface area contributed by atoms with E-state index in [-0.39, 0.29) is 12.0 Å². The Balaban J connectivity index is 1.87. The number of allylic oxidation sites excluding steroid dienone is 1. The van der Waals surface area contributed by atoms with Gasteiger partial charge in [-0.2, -0.15) is 0 Å². The molecule has 2 aliphatic rings. The molecular weight excluding hydrogens is 294 g/mol. The van der Waals surface area contributed by atoms with Gasteiger partial charge in [-0.05, 0) is 37.1 Å². The van der Waals surface area contributed by atoms with Gasteiger partial charge in [-0.3, -0.25) is 4.31 Å². The van der Waals surface area contributed by atoms with E-state index in [1.54, 1.807) is 16.4 Å². The standard InChI is InChI=1S/C18H17NO2S/c1-13-9-11-14(12-10-13)22(20,21)19-17-7-3-2-5-15(17)16-6-4-8-18(16)19/h2-5,7-12,16,18H,6H2,1H3. The smallest absolute Gasteiger partial charge is 0.259 e. The van der Waals surface area contributed by atoms with Crippen LogP contribution >= 0.6 is 0 Å². The van der Waals surface area contributed by atoms with Crippen LogP contribution in [0, 0.1) is 6.92 Å². The molecule has 1 aliphatic heterocycles. The Morgan fingerprint density at radius 2 is 1.77 bits per heavy atom. The predicted molar refractivity (Wildman–Crippen MR) is 87.6 cm³/mol. The Kier molecular flexibility index (Phi) is 2.91. The monoisotopic (exact) mass is 311 g/mol. The molecule has 2 atom stereocenters. The molecule has 0 fully saturated rings. The molecule has 4 rings (SSSR count). The normalized spacial score (nSPS) is 22.7. The average Bonchev–Trinajstić information content (AvgIpc) is 3.07. The van der Waals surface area contributed by atoms with Crippen molar-refractivity contribution in [3.05, 3.63) is 71.8 Å². The first-order valence-electron chi connectivity index (χ1n) is 7.46. The van der Waals surface area contributed by atoms with Gasteiger partial charge < -0.3 is 0 Å². The van der Waals surface area contributed by atoms with Crippen molar-refractivity contribution in [2.24, 2.45) is 0 Å². The first-order valence-corrected chi connectivity index (χ1v) is 8.90. The van der Waals surface area contributed by atoms with Crippen molar-refractivity contribution in [1.82, 2.24) is 0 Å². The Bertz CT molecular complexity index is 853. The van der Waals surface area contributed by atoms with Crippen molar-refractivity contribution in [3.8, 4) is 0 Å². The van der Waals surface area contributed by atoms with E-state index >= 15 is 0 Å². The molecule has 0 aromatic heterocycles. The van der Waals surface area contributed by atoms with Crippen LogP contribution in [0.15, 0.2) is 65.6 Å². The largest absolute Gasteiger partial charge is 0.264 e. The molecule has 112 valence electrons. The van der Waals surface area contributed by atoms with Crippen molar-refractivity contribution in [2.45, 2.75) is 30.2 Å². The van der Waals surface area contributed by atoms with Crippen LogP contribution < -0.4 is 4.31 Å². The van der Waals surface area contributed by atoms with Gasteiger partial charge in [-0.25, -0.2) is 8.42 Å². The number of para-hydroxylation sites is 1. The van der Waals surface area contributed by atoms with Crippen molar-refractivity contribution in [1.29, 1.82) is 0 Å². The molecule has 0 spiro atoms. The van der Waals surface area contributed by atoms with E-state index in [1.807, 2.05) is 49.4 Å². The molecule has 0 N–H and O–H groups in total. The van der Waals surface area contributed by atoms with E-state index in [9.17, 15) is 8.42 Å². The second-order valence-electron chi connectivity index (χ2n) is 5.93. The molecule has 0 saturated carbocycles. The molecule has 0 saturated heterocycles. The Labute approximate surface area is 130 Å². The third-order valence-corrected chi connectivity index (χ3v) is 6.38. The minimum absolute atomic E-state index is 0.0938. The molecule has 1 heterocycles. The SMILES string of the molecule is Cc1ccc(S(=O)(=O)N2c3ccccc3C3CC=CC32)cc1. The van der Waals surface area contributed by atoms with Gasteiger partial charge in [-0.1, -0.05) is 48.0 Å². The Morgan fingerprint density at radius 1 is 1.05 bits per heavy atom. The van der Waals surface area contributed by atoms with Crippen LogP contribution in [0.5, 0.6) is 0 Å². The summed E-state index contributed by atoms with van der Waals surface area (Å²) in [7, 11) is -3.54. The van der Waals surface area contributed by atoms with Crippen LogP contribution in [-0.2, 0) is 10.0 Å². The maximum Gasteiger partial charge on any atom is 0.264 e. The number of hydrogen-bond acceptors (Lipinski definition) is 2. The predicted octanol–water partition coefficient (Wildman–Crippen LogP) is 3.62. The number of fused-ring (bicyclic) bond motifs is 3. The molecule has 0 bridgehead atoms. The molecular formula is C18H17NO2S. The van der Waals surface area contributed by atoms with Gasteiger partial charge in [0.25, 0.3) is 10.0 Å².